The number of ether oxygens (including phenoxy) is 1. The molecule has 0 amide bonds. The van der Waals surface area contributed by atoms with Crippen LogP contribution in [0.1, 0.15) is 32.3 Å². The van der Waals surface area contributed by atoms with Crippen molar-refractivity contribution in [3.63, 3.8) is 0 Å². The highest BCUT2D eigenvalue weighted by molar-refractivity contribution is 5.33. The molecule has 0 saturated heterocycles. The van der Waals surface area contributed by atoms with Crippen molar-refractivity contribution in [1.29, 1.82) is 0 Å². The normalized spacial score (nSPS) is 22.5. The van der Waals surface area contributed by atoms with Gasteiger partial charge in [0.25, 0.3) is 0 Å². The molecule has 1 N–H and O–H groups in total. The van der Waals surface area contributed by atoms with Gasteiger partial charge in [0, 0.05) is 30.7 Å². The molecule has 0 radical (unpaired) electrons. The lowest BCUT2D eigenvalue weighted by Crippen LogP contribution is -2.42. The van der Waals surface area contributed by atoms with E-state index in [9.17, 15) is 0 Å². The first-order chi connectivity index (χ1) is 9.74. The molecule has 3 nitrogen and oxygen atoms in total. The van der Waals surface area contributed by atoms with Crippen LogP contribution in [0.4, 0.5) is 0 Å². The predicted octanol–water partition coefficient (Wildman–Crippen LogP) is 2.66. The van der Waals surface area contributed by atoms with Crippen molar-refractivity contribution in [1.82, 2.24) is 10.2 Å². The molecule has 1 aromatic rings. The summed E-state index contributed by atoms with van der Waals surface area (Å²) in [6, 6.07) is 9.82. The Kier molecular flexibility index (Phi) is 4.27. The Hall–Kier alpha value is -1.06. The molecule has 3 heteroatoms. The van der Waals surface area contributed by atoms with Crippen LogP contribution in [0.15, 0.2) is 24.3 Å². The Morgan fingerprint density at radius 1 is 1.30 bits per heavy atom. The number of rotatable bonds is 5. The maximum absolute atomic E-state index is 5.86. The first-order valence-corrected chi connectivity index (χ1v) is 7.92. The summed E-state index contributed by atoms with van der Waals surface area (Å²) < 4.78 is 5.86. The van der Waals surface area contributed by atoms with Gasteiger partial charge in [0.05, 0.1) is 0 Å². The summed E-state index contributed by atoms with van der Waals surface area (Å²) in [6.07, 6.45) is 2.73. The van der Waals surface area contributed by atoms with Crippen LogP contribution in [0.2, 0.25) is 0 Å². The van der Waals surface area contributed by atoms with Gasteiger partial charge < -0.3 is 10.1 Å². The lowest BCUT2D eigenvalue weighted by molar-refractivity contribution is 0.139. The van der Waals surface area contributed by atoms with E-state index in [-0.39, 0.29) is 0 Å². The van der Waals surface area contributed by atoms with Gasteiger partial charge in [0.15, 0.2) is 0 Å². The minimum Gasteiger partial charge on any atom is -0.492 e. The predicted molar refractivity (Wildman–Crippen MR) is 82.0 cm³/mol. The zero-order valence-corrected chi connectivity index (χ0v) is 12.6. The first kappa shape index (κ1) is 13.9. The second-order valence-electron chi connectivity index (χ2n) is 6.33. The van der Waals surface area contributed by atoms with E-state index >= 15 is 0 Å². The number of benzene rings is 1. The van der Waals surface area contributed by atoms with Crippen LogP contribution in [-0.2, 0) is 6.54 Å². The minimum absolute atomic E-state index is 0.580. The zero-order chi connectivity index (χ0) is 13.9. The molecular weight excluding hydrogens is 248 g/mol. The van der Waals surface area contributed by atoms with Crippen LogP contribution in [0.25, 0.3) is 0 Å². The van der Waals surface area contributed by atoms with Gasteiger partial charge in [-0.15, -0.1) is 0 Å². The van der Waals surface area contributed by atoms with E-state index in [2.05, 4.69) is 48.3 Å². The van der Waals surface area contributed by atoms with Gasteiger partial charge in [-0.25, -0.2) is 0 Å². The van der Waals surface area contributed by atoms with Gasteiger partial charge in [-0.3, -0.25) is 4.90 Å². The summed E-state index contributed by atoms with van der Waals surface area (Å²) in [6.45, 7) is 8.66. The molecule has 0 aromatic heterocycles. The largest absolute Gasteiger partial charge is 0.492 e. The number of nitrogens with one attached hydrogen (secondary N) is 1. The molecule has 0 bridgehead atoms. The molecule has 20 heavy (non-hydrogen) atoms. The summed E-state index contributed by atoms with van der Waals surface area (Å²) >= 11 is 0. The summed E-state index contributed by atoms with van der Waals surface area (Å²) in [5.74, 6) is 1.73. The smallest absolute Gasteiger partial charge is 0.123 e. The SMILES string of the molecule is CC(CNC1CC1)C(C)N1CCOc2ccccc2C1. The molecule has 110 valence electrons. The van der Waals surface area contributed by atoms with E-state index in [0.29, 0.717) is 12.0 Å². The third-order valence-corrected chi connectivity index (χ3v) is 4.69. The van der Waals surface area contributed by atoms with Gasteiger partial charge in [-0.1, -0.05) is 25.1 Å². The highest BCUT2D eigenvalue weighted by atomic mass is 16.5. The molecule has 1 fully saturated rings. The molecule has 1 aromatic carbocycles. The molecule has 2 atom stereocenters. The van der Waals surface area contributed by atoms with Crippen molar-refractivity contribution < 1.29 is 4.74 Å². The topological polar surface area (TPSA) is 24.5 Å². The molecule has 1 aliphatic carbocycles. The fourth-order valence-electron chi connectivity index (χ4n) is 2.86. The van der Waals surface area contributed by atoms with E-state index in [1.54, 1.807) is 0 Å². The van der Waals surface area contributed by atoms with Crippen molar-refractivity contribution in [2.24, 2.45) is 5.92 Å². The highest BCUT2D eigenvalue weighted by Crippen LogP contribution is 2.25. The Morgan fingerprint density at radius 2 is 2.10 bits per heavy atom. The molecule has 2 aliphatic rings. The number of hydrogen-bond donors (Lipinski definition) is 1. The number of nitrogens with zero attached hydrogens (tertiary/aromatic N) is 1. The molecule has 1 saturated carbocycles. The Labute approximate surface area is 122 Å². The Balaban J connectivity index is 1.60. The summed E-state index contributed by atoms with van der Waals surface area (Å²) in [7, 11) is 0. The minimum atomic E-state index is 0.580. The van der Waals surface area contributed by atoms with Crippen molar-refractivity contribution in [3.8, 4) is 5.75 Å². The quantitative estimate of drug-likeness (QED) is 0.893. The third-order valence-electron chi connectivity index (χ3n) is 4.69. The van der Waals surface area contributed by atoms with Gasteiger partial charge >= 0.3 is 0 Å². The third kappa shape index (κ3) is 3.33. The second kappa shape index (κ2) is 6.15. The molecule has 1 heterocycles. The first-order valence-electron chi connectivity index (χ1n) is 7.92. The summed E-state index contributed by atoms with van der Waals surface area (Å²) in [5.41, 5.74) is 1.32. The fraction of sp³-hybridized carbons (Fsp3) is 0.647. The van der Waals surface area contributed by atoms with E-state index in [1.807, 2.05) is 0 Å². The highest BCUT2D eigenvalue weighted by Gasteiger charge is 2.26. The van der Waals surface area contributed by atoms with Crippen molar-refractivity contribution >= 4 is 0 Å². The van der Waals surface area contributed by atoms with Crippen LogP contribution in [-0.4, -0.2) is 36.7 Å². The van der Waals surface area contributed by atoms with Crippen LogP contribution >= 0.6 is 0 Å². The number of hydrogen-bond acceptors (Lipinski definition) is 3. The van der Waals surface area contributed by atoms with Crippen molar-refractivity contribution in [2.75, 3.05) is 19.7 Å². The van der Waals surface area contributed by atoms with Crippen LogP contribution in [0.3, 0.4) is 0 Å². The lowest BCUT2D eigenvalue weighted by atomic mass is 10.0. The van der Waals surface area contributed by atoms with Crippen molar-refractivity contribution in [3.05, 3.63) is 29.8 Å². The average Bonchev–Trinajstić information content (AvgIpc) is 3.29. The van der Waals surface area contributed by atoms with Crippen LogP contribution < -0.4 is 10.1 Å². The van der Waals surface area contributed by atoms with Crippen LogP contribution in [0, 0.1) is 5.92 Å². The molecule has 3 rings (SSSR count). The average molecular weight is 274 g/mol. The van der Waals surface area contributed by atoms with Crippen molar-refractivity contribution in [2.45, 2.75) is 45.3 Å². The molecule has 2 unspecified atom stereocenters. The van der Waals surface area contributed by atoms with E-state index in [4.69, 9.17) is 4.74 Å². The van der Waals surface area contributed by atoms with E-state index < -0.39 is 0 Å². The second-order valence-corrected chi connectivity index (χ2v) is 6.33. The number of para-hydroxylation sites is 1. The summed E-state index contributed by atoms with van der Waals surface area (Å²) in [4.78, 5) is 2.56. The standard InChI is InChI=1S/C17H26N2O/c1-13(11-18-16-7-8-16)14(2)19-9-10-20-17-6-4-3-5-15(17)12-19/h3-6,13-14,16,18H,7-12H2,1-2H3. The Bertz CT molecular complexity index is 444. The van der Waals surface area contributed by atoms with Gasteiger partial charge in [-0.2, -0.15) is 0 Å². The molecule has 1 aliphatic heterocycles. The summed E-state index contributed by atoms with van der Waals surface area (Å²) in [5, 5.41) is 3.65. The maximum atomic E-state index is 5.86. The van der Waals surface area contributed by atoms with E-state index in [0.717, 1.165) is 38.0 Å². The lowest BCUT2D eigenvalue weighted by Gasteiger charge is -2.32. The van der Waals surface area contributed by atoms with Gasteiger partial charge in [-0.05, 0) is 38.3 Å². The monoisotopic (exact) mass is 274 g/mol. The Morgan fingerprint density at radius 3 is 2.90 bits per heavy atom. The number of fused-ring (bicyclic) bond motifs is 1. The van der Waals surface area contributed by atoms with Gasteiger partial charge in [0.2, 0.25) is 0 Å². The van der Waals surface area contributed by atoms with Gasteiger partial charge in [0.1, 0.15) is 12.4 Å². The zero-order valence-electron chi connectivity index (χ0n) is 12.6. The molecular formula is C17H26N2O. The fourth-order valence-corrected chi connectivity index (χ4v) is 2.86. The maximum Gasteiger partial charge on any atom is 0.123 e. The molecule has 0 spiro atoms. The van der Waals surface area contributed by atoms with Crippen LogP contribution in [0.5, 0.6) is 5.75 Å². The van der Waals surface area contributed by atoms with E-state index in [1.165, 1.54) is 18.4 Å².